The van der Waals surface area contributed by atoms with Crippen LogP contribution in [0.1, 0.15) is 31.1 Å². The Morgan fingerprint density at radius 3 is 2.53 bits per heavy atom. The number of nitrogen functional groups attached to an aromatic ring is 1. The Labute approximate surface area is 101 Å². The molecule has 4 heteroatoms. The molecule has 4 nitrogen and oxygen atoms in total. The van der Waals surface area contributed by atoms with Gasteiger partial charge in [0.15, 0.2) is 0 Å². The number of pyridine rings is 1. The molecule has 0 aliphatic carbocycles. The molecule has 2 N–H and O–H groups in total. The zero-order chi connectivity index (χ0) is 12.6. The molecular formula is C13H18N4. The smallest absolute Gasteiger partial charge is 0.0740 e. The first-order valence-electron chi connectivity index (χ1n) is 5.77. The minimum Gasteiger partial charge on any atom is -0.397 e. The van der Waals surface area contributed by atoms with Gasteiger partial charge in [-0.15, -0.1) is 0 Å². The topological polar surface area (TPSA) is 56.7 Å². The molecule has 0 radical (unpaired) electrons. The lowest BCUT2D eigenvalue weighted by atomic mass is 10.1. The molecular weight excluding hydrogens is 212 g/mol. The second-order valence-electron chi connectivity index (χ2n) is 4.63. The van der Waals surface area contributed by atoms with Gasteiger partial charge in [-0.25, -0.2) is 0 Å². The highest BCUT2D eigenvalue weighted by atomic mass is 15.3. The maximum atomic E-state index is 5.77. The van der Waals surface area contributed by atoms with Crippen LogP contribution < -0.4 is 5.73 Å². The molecule has 0 spiro atoms. The van der Waals surface area contributed by atoms with E-state index in [0.717, 1.165) is 28.2 Å². The van der Waals surface area contributed by atoms with Gasteiger partial charge in [-0.2, -0.15) is 5.10 Å². The Bertz CT molecular complexity index is 540. The van der Waals surface area contributed by atoms with E-state index >= 15 is 0 Å². The maximum absolute atomic E-state index is 5.77. The third-order valence-electron chi connectivity index (χ3n) is 2.87. The second kappa shape index (κ2) is 4.20. The van der Waals surface area contributed by atoms with Gasteiger partial charge in [0.25, 0.3) is 0 Å². The number of aromatic nitrogens is 3. The van der Waals surface area contributed by atoms with Crippen LogP contribution in [0.25, 0.3) is 11.3 Å². The second-order valence-corrected chi connectivity index (χ2v) is 4.63. The minimum absolute atomic E-state index is 0.359. The molecule has 2 rings (SSSR count). The molecule has 90 valence electrons. The van der Waals surface area contributed by atoms with Crippen LogP contribution in [0, 0.1) is 13.8 Å². The summed E-state index contributed by atoms with van der Waals surface area (Å²) in [6, 6.07) is 2.36. The largest absolute Gasteiger partial charge is 0.397 e. The SMILES string of the molecule is Cc1cc(-c2cn(C(C)C)nc2C)ncc1N. The van der Waals surface area contributed by atoms with Crippen molar-refractivity contribution in [3.05, 3.63) is 29.7 Å². The molecule has 0 bridgehead atoms. The first-order chi connectivity index (χ1) is 7.99. The average Bonchev–Trinajstić information content (AvgIpc) is 2.65. The van der Waals surface area contributed by atoms with E-state index in [1.54, 1.807) is 6.20 Å². The Hall–Kier alpha value is -1.84. The van der Waals surface area contributed by atoms with Crippen molar-refractivity contribution in [2.75, 3.05) is 5.73 Å². The zero-order valence-electron chi connectivity index (χ0n) is 10.7. The number of hydrogen-bond acceptors (Lipinski definition) is 3. The van der Waals surface area contributed by atoms with Crippen LogP contribution in [0.3, 0.4) is 0 Å². The molecule has 0 aliphatic heterocycles. The van der Waals surface area contributed by atoms with E-state index in [9.17, 15) is 0 Å². The van der Waals surface area contributed by atoms with Crippen LogP contribution in [0.4, 0.5) is 5.69 Å². The summed E-state index contributed by atoms with van der Waals surface area (Å²) in [6.45, 7) is 8.21. The molecule has 0 fully saturated rings. The fourth-order valence-electron chi connectivity index (χ4n) is 1.71. The van der Waals surface area contributed by atoms with Gasteiger partial charge in [-0.1, -0.05) is 0 Å². The fraction of sp³-hybridized carbons (Fsp3) is 0.385. The molecule has 0 saturated carbocycles. The minimum atomic E-state index is 0.359. The molecule has 0 aliphatic rings. The first-order valence-corrected chi connectivity index (χ1v) is 5.77. The van der Waals surface area contributed by atoms with Gasteiger partial charge >= 0.3 is 0 Å². The molecule has 2 heterocycles. The van der Waals surface area contributed by atoms with Gasteiger partial charge in [0.2, 0.25) is 0 Å². The lowest BCUT2D eigenvalue weighted by Gasteiger charge is -2.04. The van der Waals surface area contributed by atoms with E-state index in [1.165, 1.54) is 0 Å². The molecule has 0 aromatic carbocycles. The summed E-state index contributed by atoms with van der Waals surface area (Å²) >= 11 is 0. The molecule has 0 amide bonds. The van der Waals surface area contributed by atoms with Gasteiger partial charge in [0, 0.05) is 17.8 Å². The Kier molecular flexibility index (Phi) is 2.88. The van der Waals surface area contributed by atoms with Crippen molar-refractivity contribution in [3.8, 4) is 11.3 Å². The molecule has 0 atom stereocenters. The molecule has 2 aromatic rings. The van der Waals surface area contributed by atoms with E-state index in [1.807, 2.05) is 30.8 Å². The van der Waals surface area contributed by atoms with E-state index in [2.05, 4.69) is 23.9 Å². The number of hydrogen-bond donors (Lipinski definition) is 1. The summed E-state index contributed by atoms with van der Waals surface area (Å²) < 4.78 is 1.96. The zero-order valence-corrected chi connectivity index (χ0v) is 10.7. The van der Waals surface area contributed by atoms with E-state index < -0.39 is 0 Å². The van der Waals surface area contributed by atoms with Gasteiger partial charge in [0.05, 0.1) is 23.3 Å². The summed E-state index contributed by atoms with van der Waals surface area (Å²) in [7, 11) is 0. The summed E-state index contributed by atoms with van der Waals surface area (Å²) in [5, 5.41) is 4.48. The van der Waals surface area contributed by atoms with Crippen LogP contribution in [-0.4, -0.2) is 14.8 Å². The number of rotatable bonds is 2. The van der Waals surface area contributed by atoms with Crippen molar-refractivity contribution in [3.63, 3.8) is 0 Å². The van der Waals surface area contributed by atoms with Crippen molar-refractivity contribution in [2.45, 2.75) is 33.7 Å². The van der Waals surface area contributed by atoms with Crippen molar-refractivity contribution in [2.24, 2.45) is 0 Å². The van der Waals surface area contributed by atoms with Crippen LogP contribution in [0.15, 0.2) is 18.5 Å². The Balaban J connectivity index is 2.49. The quantitative estimate of drug-likeness (QED) is 0.863. The summed E-state index contributed by atoms with van der Waals surface area (Å²) in [6.07, 6.45) is 3.74. The van der Waals surface area contributed by atoms with Crippen LogP contribution in [-0.2, 0) is 0 Å². The number of nitrogens with two attached hydrogens (primary N) is 1. The third kappa shape index (κ3) is 2.16. The molecule has 0 saturated heterocycles. The van der Waals surface area contributed by atoms with Crippen LogP contribution in [0.5, 0.6) is 0 Å². The van der Waals surface area contributed by atoms with Crippen LogP contribution in [0.2, 0.25) is 0 Å². The lowest BCUT2D eigenvalue weighted by Crippen LogP contribution is -2.00. The van der Waals surface area contributed by atoms with Crippen LogP contribution >= 0.6 is 0 Å². The van der Waals surface area contributed by atoms with Gasteiger partial charge in [-0.05, 0) is 39.3 Å². The number of anilines is 1. The maximum Gasteiger partial charge on any atom is 0.0740 e. The normalized spacial score (nSPS) is 11.1. The number of nitrogens with zero attached hydrogens (tertiary/aromatic N) is 3. The average molecular weight is 230 g/mol. The summed E-state index contributed by atoms with van der Waals surface area (Å²) in [5.41, 5.74) is 10.5. The summed E-state index contributed by atoms with van der Waals surface area (Å²) in [5.74, 6) is 0. The van der Waals surface area contributed by atoms with Gasteiger partial charge in [-0.3, -0.25) is 9.67 Å². The van der Waals surface area contributed by atoms with Gasteiger partial charge < -0.3 is 5.73 Å². The summed E-state index contributed by atoms with van der Waals surface area (Å²) in [4.78, 5) is 4.36. The molecule has 0 unspecified atom stereocenters. The highest BCUT2D eigenvalue weighted by molar-refractivity contribution is 5.64. The van der Waals surface area contributed by atoms with E-state index in [0.29, 0.717) is 6.04 Å². The van der Waals surface area contributed by atoms with Crippen molar-refractivity contribution in [1.29, 1.82) is 0 Å². The standard InChI is InChI=1S/C13H18N4/c1-8(2)17-7-11(10(4)16-17)13-5-9(3)12(14)6-15-13/h5-8H,14H2,1-4H3. The highest BCUT2D eigenvalue weighted by Gasteiger charge is 2.10. The number of aryl methyl sites for hydroxylation is 2. The fourth-order valence-corrected chi connectivity index (χ4v) is 1.71. The predicted octanol–water partition coefficient (Wildman–Crippen LogP) is 2.73. The van der Waals surface area contributed by atoms with Crippen molar-refractivity contribution in [1.82, 2.24) is 14.8 Å². The highest BCUT2D eigenvalue weighted by Crippen LogP contribution is 2.24. The monoisotopic (exact) mass is 230 g/mol. The van der Waals surface area contributed by atoms with E-state index in [4.69, 9.17) is 5.73 Å². The van der Waals surface area contributed by atoms with E-state index in [-0.39, 0.29) is 0 Å². The van der Waals surface area contributed by atoms with Gasteiger partial charge in [0.1, 0.15) is 0 Å². The lowest BCUT2D eigenvalue weighted by molar-refractivity contribution is 0.529. The van der Waals surface area contributed by atoms with Crippen molar-refractivity contribution >= 4 is 5.69 Å². The van der Waals surface area contributed by atoms with Crippen molar-refractivity contribution < 1.29 is 0 Å². The molecule has 2 aromatic heterocycles. The first kappa shape index (κ1) is 11.6. The Morgan fingerprint density at radius 1 is 1.29 bits per heavy atom. The Morgan fingerprint density at radius 2 is 2.00 bits per heavy atom. The predicted molar refractivity (Wildman–Crippen MR) is 69.7 cm³/mol. The molecule has 17 heavy (non-hydrogen) atoms. The third-order valence-corrected chi connectivity index (χ3v) is 2.87.